The second-order valence-corrected chi connectivity index (χ2v) is 5.07. The molecule has 3 rings (SSSR count). The molecule has 0 spiro atoms. The van der Waals surface area contributed by atoms with Crippen LogP contribution in [0.5, 0.6) is 0 Å². The molecule has 6 nitrogen and oxygen atoms in total. The largest absolute Gasteiger partial charge is 0.399 e. The van der Waals surface area contributed by atoms with Crippen molar-refractivity contribution in [2.75, 3.05) is 17.7 Å². The van der Waals surface area contributed by atoms with E-state index in [1.165, 1.54) is 16.7 Å². The molecule has 23 heavy (non-hydrogen) atoms. The summed E-state index contributed by atoms with van der Waals surface area (Å²) < 4.78 is 14.8. The fourth-order valence-corrected chi connectivity index (χ4v) is 2.46. The second kappa shape index (κ2) is 5.53. The normalized spacial score (nSPS) is 10.7. The first kappa shape index (κ1) is 14.7. The Morgan fingerprint density at radius 1 is 1.26 bits per heavy atom. The van der Waals surface area contributed by atoms with Crippen LogP contribution in [0, 0.1) is 16.6 Å². The van der Waals surface area contributed by atoms with Gasteiger partial charge < -0.3 is 10.6 Å². The summed E-state index contributed by atoms with van der Waals surface area (Å²) in [4.78, 5) is 5.95. The third-order valence-electron chi connectivity index (χ3n) is 3.60. The lowest BCUT2D eigenvalue weighted by molar-refractivity contribution is 0.628. The summed E-state index contributed by atoms with van der Waals surface area (Å²) in [6.45, 7) is 0. The average Bonchev–Trinajstić information content (AvgIpc) is 2.53. The average molecular weight is 310 g/mol. The van der Waals surface area contributed by atoms with Crippen molar-refractivity contribution in [3.63, 3.8) is 0 Å². The van der Waals surface area contributed by atoms with Crippen LogP contribution >= 0.6 is 0 Å². The Hall–Kier alpha value is -3.22. The van der Waals surface area contributed by atoms with E-state index < -0.39 is 0 Å². The number of halogens is 1. The first-order valence-corrected chi connectivity index (χ1v) is 6.87. The maximum absolute atomic E-state index is 13.5. The van der Waals surface area contributed by atoms with Gasteiger partial charge in [-0.25, -0.2) is 4.39 Å². The quantitative estimate of drug-likeness (QED) is 0.394. The Morgan fingerprint density at radius 3 is 2.74 bits per heavy atom. The summed E-state index contributed by atoms with van der Waals surface area (Å²) >= 11 is 0. The number of rotatable bonds is 3. The first-order chi connectivity index (χ1) is 11.0. The molecule has 0 amide bonds. The molecule has 7 heteroatoms. The highest BCUT2D eigenvalue weighted by molar-refractivity contribution is 5.95. The van der Waals surface area contributed by atoms with Crippen molar-refractivity contribution in [1.29, 1.82) is 10.8 Å². The van der Waals surface area contributed by atoms with Gasteiger partial charge in [0.25, 0.3) is 0 Å². The first-order valence-electron chi connectivity index (χ1n) is 6.87. The number of nitrogens with one attached hydrogen (secondary N) is 2. The second-order valence-electron chi connectivity index (χ2n) is 5.07. The SMILES string of the molecule is CN(c1cccc(F)c1)c1nc(=N)n(C=N)c2cc(N)ccc12. The van der Waals surface area contributed by atoms with Crippen LogP contribution in [-0.2, 0) is 0 Å². The van der Waals surface area contributed by atoms with Gasteiger partial charge in [-0.05, 0) is 36.4 Å². The van der Waals surface area contributed by atoms with E-state index in [0.29, 0.717) is 28.1 Å². The number of nitrogen functional groups attached to an aromatic ring is 1. The van der Waals surface area contributed by atoms with Crippen molar-refractivity contribution in [2.45, 2.75) is 0 Å². The van der Waals surface area contributed by atoms with Crippen molar-refractivity contribution >= 4 is 34.4 Å². The summed E-state index contributed by atoms with van der Waals surface area (Å²) in [6.07, 6.45) is 1.02. The van der Waals surface area contributed by atoms with Crippen LogP contribution in [0.25, 0.3) is 10.9 Å². The van der Waals surface area contributed by atoms with Gasteiger partial charge in [-0.2, -0.15) is 4.98 Å². The van der Waals surface area contributed by atoms with E-state index in [1.807, 2.05) is 0 Å². The predicted octanol–water partition coefficient (Wildman–Crippen LogP) is 2.46. The van der Waals surface area contributed by atoms with Gasteiger partial charge in [0.1, 0.15) is 11.6 Å². The Morgan fingerprint density at radius 2 is 2.04 bits per heavy atom. The van der Waals surface area contributed by atoms with Gasteiger partial charge >= 0.3 is 0 Å². The summed E-state index contributed by atoms with van der Waals surface area (Å²) in [5.41, 5.74) is 7.46. The van der Waals surface area contributed by atoms with E-state index in [4.69, 9.17) is 16.6 Å². The minimum Gasteiger partial charge on any atom is -0.399 e. The molecule has 1 heterocycles. The zero-order chi connectivity index (χ0) is 16.6. The molecule has 0 atom stereocenters. The molecule has 0 saturated carbocycles. The van der Waals surface area contributed by atoms with E-state index in [9.17, 15) is 4.39 Å². The summed E-state index contributed by atoms with van der Waals surface area (Å²) in [5.74, 6) is 0.146. The molecule has 116 valence electrons. The molecule has 0 fully saturated rings. The Kier molecular flexibility index (Phi) is 3.53. The van der Waals surface area contributed by atoms with Gasteiger partial charge in [-0.15, -0.1) is 0 Å². The molecule has 0 aliphatic heterocycles. The molecule has 0 bridgehead atoms. The molecule has 0 aliphatic carbocycles. The molecule has 0 saturated heterocycles. The smallest absolute Gasteiger partial charge is 0.229 e. The van der Waals surface area contributed by atoms with Crippen LogP contribution in [-0.4, -0.2) is 22.9 Å². The van der Waals surface area contributed by atoms with Gasteiger partial charge in [0.15, 0.2) is 0 Å². The van der Waals surface area contributed by atoms with E-state index in [0.717, 1.165) is 6.34 Å². The number of anilines is 3. The Balaban J connectivity index is 2.30. The summed E-state index contributed by atoms with van der Waals surface area (Å²) in [7, 11) is 1.75. The molecule has 2 aromatic carbocycles. The fourth-order valence-electron chi connectivity index (χ4n) is 2.46. The number of nitrogens with two attached hydrogens (primary N) is 1. The third-order valence-corrected chi connectivity index (χ3v) is 3.60. The molecule has 0 unspecified atom stereocenters. The van der Waals surface area contributed by atoms with Crippen molar-refractivity contribution in [2.24, 2.45) is 0 Å². The molecule has 0 aliphatic rings. The molecular weight excluding hydrogens is 295 g/mol. The summed E-state index contributed by atoms with van der Waals surface area (Å²) in [6, 6.07) is 11.3. The van der Waals surface area contributed by atoms with Crippen LogP contribution < -0.4 is 16.3 Å². The highest BCUT2D eigenvalue weighted by atomic mass is 19.1. The highest BCUT2D eigenvalue weighted by Crippen LogP contribution is 2.29. The molecule has 4 N–H and O–H groups in total. The number of aromatic nitrogens is 2. The van der Waals surface area contributed by atoms with Gasteiger partial charge in [-0.1, -0.05) is 6.07 Å². The minimum atomic E-state index is -0.348. The van der Waals surface area contributed by atoms with Gasteiger partial charge in [0.2, 0.25) is 5.62 Å². The molecular formula is C16H15FN6. The van der Waals surface area contributed by atoms with E-state index in [-0.39, 0.29) is 11.4 Å². The number of nitrogens with zero attached hydrogens (tertiary/aromatic N) is 3. The lowest BCUT2D eigenvalue weighted by Gasteiger charge is -2.21. The van der Waals surface area contributed by atoms with Gasteiger partial charge in [-0.3, -0.25) is 15.4 Å². The van der Waals surface area contributed by atoms with Crippen molar-refractivity contribution in [1.82, 2.24) is 9.55 Å². The monoisotopic (exact) mass is 310 g/mol. The molecule has 1 aromatic heterocycles. The standard InChI is InChI=1S/C16H15FN6/c1-22(12-4-2-3-10(17)7-12)15-13-6-5-11(19)8-14(13)23(9-18)16(20)21-15/h2-9,18,20H,19H2,1H3. The third kappa shape index (κ3) is 2.52. The van der Waals surface area contributed by atoms with E-state index in [2.05, 4.69) is 4.98 Å². The van der Waals surface area contributed by atoms with Crippen LogP contribution in [0.15, 0.2) is 42.5 Å². The van der Waals surface area contributed by atoms with Crippen molar-refractivity contribution in [3.05, 3.63) is 53.9 Å². The minimum absolute atomic E-state index is 0.101. The number of fused-ring (bicyclic) bond motifs is 1. The van der Waals surface area contributed by atoms with Crippen LogP contribution in [0.2, 0.25) is 0 Å². The maximum atomic E-state index is 13.5. The Bertz CT molecular complexity index is 962. The lowest BCUT2D eigenvalue weighted by atomic mass is 10.2. The zero-order valence-corrected chi connectivity index (χ0v) is 12.4. The van der Waals surface area contributed by atoms with Gasteiger partial charge in [0, 0.05) is 23.8 Å². The number of hydrogen-bond acceptors (Lipinski definition) is 5. The fraction of sp³-hybridized carbons (Fsp3) is 0.0625. The van der Waals surface area contributed by atoms with Crippen LogP contribution in [0.1, 0.15) is 0 Å². The topological polar surface area (TPSA) is 94.8 Å². The van der Waals surface area contributed by atoms with Gasteiger partial charge in [0.05, 0.1) is 11.9 Å². The van der Waals surface area contributed by atoms with Crippen molar-refractivity contribution in [3.8, 4) is 0 Å². The van der Waals surface area contributed by atoms with E-state index in [1.54, 1.807) is 42.3 Å². The van der Waals surface area contributed by atoms with Crippen LogP contribution in [0.3, 0.4) is 0 Å². The number of benzene rings is 2. The highest BCUT2D eigenvalue weighted by Gasteiger charge is 2.14. The van der Waals surface area contributed by atoms with Crippen LogP contribution in [0.4, 0.5) is 21.6 Å². The molecule has 0 radical (unpaired) electrons. The lowest BCUT2D eigenvalue weighted by Crippen LogP contribution is -2.26. The Labute approximate surface area is 131 Å². The maximum Gasteiger partial charge on any atom is 0.229 e. The summed E-state index contributed by atoms with van der Waals surface area (Å²) in [5, 5.41) is 16.2. The zero-order valence-electron chi connectivity index (χ0n) is 12.4. The predicted molar refractivity (Wildman–Crippen MR) is 88.6 cm³/mol. The van der Waals surface area contributed by atoms with Crippen molar-refractivity contribution < 1.29 is 4.39 Å². The molecule has 3 aromatic rings. The number of hydrogen-bond donors (Lipinski definition) is 3. The van der Waals surface area contributed by atoms with E-state index >= 15 is 0 Å².